The van der Waals surface area contributed by atoms with Gasteiger partial charge in [0.25, 0.3) is 5.91 Å². The molecule has 1 atom stereocenters. The Kier molecular flexibility index (Phi) is 6.45. The Morgan fingerprint density at radius 3 is 2.80 bits per heavy atom. The van der Waals surface area contributed by atoms with Crippen molar-refractivity contribution in [3.63, 3.8) is 0 Å². The quantitative estimate of drug-likeness (QED) is 0.800. The van der Waals surface area contributed by atoms with Crippen molar-refractivity contribution in [1.29, 1.82) is 0 Å². The molecule has 0 radical (unpaired) electrons. The fourth-order valence-electron chi connectivity index (χ4n) is 1.92. The summed E-state index contributed by atoms with van der Waals surface area (Å²) < 4.78 is 0. The van der Waals surface area contributed by atoms with E-state index >= 15 is 0 Å². The maximum Gasteiger partial charge on any atom is 0.254 e. The third kappa shape index (κ3) is 4.49. The second-order valence-electron chi connectivity index (χ2n) is 5.12. The molecule has 0 bridgehead atoms. The summed E-state index contributed by atoms with van der Waals surface area (Å²) in [6.07, 6.45) is 2.73. The Balaban J connectivity index is 2.55. The molecule has 0 aromatic carbocycles. The van der Waals surface area contributed by atoms with Crippen molar-refractivity contribution in [2.24, 2.45) is 0 Å². The summed E-state index contributed by atoms with van der Waals surface area (Å²) in [6, 6.07) is 2.40. The van der Waals surface area contributed by atoms with E-state index in [0.717, 1.165) is 24.3 Å². The van der Waals surface area contributed by atoms with Crippen LogP contribution >= 0.6 is 0 Å². The number of nitrogens with one attached hydrogen (secondary N) is 2. The lowest BCUT2D eigenvalue weighted by Gasteiger charge is -2.23. The number of amides is 1. The molecule has 0 aliphatic heterocycles. The Morgan fingerprint density at radius 1 is 1.50 bits per heavy atom. The van der Waals surface area contributed by atoms with Gasteiger partial charge in [-0.05, 0) is 33.4 Å². The molecule has 1 aromatic heterocycles. The van der Waals surface area contributed by atoms with Crippen molar-refractivity contribution in [3.8, 4) is 0 Å². The molecule has 1 heterocycles. The first-order valence-corrected chi connectivity index (χ1v) is 7.12. The van der Waals surface area contributed by atoms with Crippen LogP contribution in [0.2, 0.25) is 0 Å². The monoisotopic (exact) mass is 278 g/mol. The van der Waals surface area contributed by atoms with Gasteiger partial charge in [-0.3, -0.25) is 9.78 Å². The summed E-state index contributed by atoms with van der Waals surface area (Å²) in [5.41, 5.74) is 2.29. The molecule has 1 rings (SSSR count). The molecule has 5 nitrogen and oxygen atoms in total. The Labute approximate surface area is 121 Å². The average molecular weight is 278 g/mol. The van der Waals surface area contributed by atoms with E-state index in [4.69, 9.17) is 0 Å². The largest absolute Gasteiger partial charge is 0.387 e. The molecule has 0 fully saturated rings. The Bertz CT molecular complexity index is 447. The molecule has 5 heteroatoms. The minimum Gasteiger partial charge on any atom is -0.387 e. The summed E-state index contributed by atoms with van der Waals surface area (Å²) in [5.74, 6) is -0.0839. The summed E-state index contributed by atoms with van der Waals surface area (Å²) in [6.45, 7) is 7.73. The number of hydrogen-bond donors (Lipinski definition) is 2. The van der Waals surface area contributed by atoms with Gasteiger partial charge in [0.15, 0.2) is 0 Å². The van der Waals surface area contributed by atoms with E-state index in [2.05, 4.69) is 41.4 Å². The highest BCUT2D eigenvalue weighted by atomic mass is 16.1. The van der Waals surface area contributed by atoms with Gasteiger partial charge in [-0.2, -0.15) is 0 Å². The summed E-state index contributed by atoms with van der Waals surface area (Å²) in [4.78, 5) is 18.6. The zero-order chi connectivity index (χ0) is 15.1. The fraction of sp³-hybridized carbons (Fsp3) is 0.600. The van der Waals surface area contributed by atoms with Gasteiger partial charge in [-0.1, -0.05) is 6.92 Å². The van der Waals surface area contributed by atoms with E-state index in [9.17, 15) is 4.79 Å². The molecule has 0 saturated heterocycles. The minimum atomic E-state index is -0.0839. The highest BCUT2D eigenvalue weighted by Crippen LogP contribution is 2.14. The number of carbonyl (C=O) groups excluding carboxylic acids is 1. The predicted molar refractivity (Wildman–Crippen MR) is 83.2 cm³/mol. The van der Waals surface area contributed by atoms with Crippen LogP contribution in [0.4, 0.5) is 5.69 Å². The van der Waals surface area contributed by atoms with Gasteiger partial charge < -0.3 is 15.5 Å². The van der Waals surface area contributed by atoms with Gasteiger partial charge in [0, 0.05) is 38.1 Å². The number of aromatic nitrogens is 1. The lowest BCUT2D eigenvalue weighted by Crippen LogP contribution is -2.37. The molecule has 2 N–H and O–H groups in total. The highest BCUT2D eigenvalue weighted by molar-refractivity contribution is 5.99. The smallest absolute Gasteiger partial charge is 0.254 e. The van der Waals surface area contributed by atoms with Crippen LogP contribution in [0, 0.1) is 6.92 Å². The molecular formula is C15H26N4O. The van der Waals surface area contributed by atoms with Crippen LogP contribution < -0.4 is 10.6 Å². The van der Waals surface area contributed by atoms with E-state index in [1.807, 2.05) is 20.0 Å². The maximum absolute atomic E-state index is 12.1. The highest BCUT2D eigenvalue weighted by Gasteiger charge is 2.12. The van der Waals surface area contributed by atoms with Gasteiger partial charge in [-0.25, -0.2) is 0 Å². The molecule has 0 saturated carbocycles. The number of carbonyl (C=O) groups is 1. The standard InChI is InChI=1S/C15H26N4O/c1-6-12(3)19(5)8-7-17-15(20)13-10-18-11(2)9-14(13)16-4/h9-10,12H,6-8H2,1-5H3,(H,16,18)(H,17,20). The van der Waals surface area contributed by atoms with Crippen LogP contribution in [0.5, 0.6) is 0 Å². The molecular weight excluding hydrogens is 252 g/mol. The van der Waals surface area contributed by atoms with Crippen molar-refractivity contribution in [1.82, 2.24) is 15.2 Å². The zero-order valence-electron chi connectivity index (χ0n) is 13.2. The molecule has 0 spiro atoms. The number of likely N-dealkylation sites (N-methyl/N-ethyl adjacent to an activating group) is 1. The Hall–Kier alpha value is -1.62. The molecule has 112 valence electrons. The van der Waals surface area contributed by atoms with E-state index < -0.39 is 0 Å². The van der Waals surface area contributed by atoms with E-state index in [1.54, 1.807) is 6.20 Å². The van der Waals surface area contributed by atoms with Crippen LogP contribution in [0.15, 0.2) is 12.3 Å². The number of hydrogen-bond acceptors (Lipinski definition) is 4. The Morgan fingerprint density at radius 2 is 2.20 bits per heavy atom. The number of nitrogens with zero attached hydrogens (tertiary/aromatic N) is 2. The van der Waals surface area contributed by atoms with Crippen LogP contribution in [0.1, 0.15) is 36.3 Å². The van der Waals surface area contributed by atoms with Gasteiger partial charge in [0.1, 0.15) is 0 Å². The third-order valence-electron chi connectivity index (χ3n) is 3.65. The molecule has 1 aromatic rings. The minimum absolute atomic E-state index is 0.0839. The van der Waals surface area contributed by atoms with Crippen LogP contribution in [0.3, 0.4) is 0 Å². The van der Waals surface area contributed by atoms with Gasteiger partial charge in [-0.15, -0.1) is 0 Å². The van der Waals surface area contributed by atoms with Gasteiger partial charge >= 0.3 is 0 Å². The van der Waals surface area contributed by atoms with E-state index in [1.165, 1.54) is 0 Å². The lowest BCUT2D eigenvalue weighted by molar-refractivity contribution is 0.0948. The van der Waals surface area contributed by atoms with Crippen molar-refractivity contribution in [3.05, 3.63) is 23.5 Å². The van der Waals surface area contributed by atoms with Crippen LogP contribution in [-0.2, 0) is 0 Å². The fourth-order valence-corrected chi connectivity index (χ4v) is 1.92. The number of aryl methyl sites for hydroxylation is 1. The topological polar surface area (TPSA) is 57.3 Å². The van der Waals surface area contributed by atoms with Crippen molar-refractivity contribution < 1.29 is 4.79 Å². The second kappa shape index (κ2) is 7.85. The number of pyridine rings is 1. The molecule has 0 aliphatic rings. The first kappa shape index (κ1) is 16.4. The second-order valence-corrected chi connectivity index (χ2v) is 5.12. The maximum atomic E-state index is 12.1. The first-order chi connectivity index (χ1) is 9.49. The molecule has 20 heavy (non-hydrogen) atoms. The first-order valence-electron chi connectivity index (χ1n) is 7.12. The van der Waals surface area contributed by atoms with Gasteiger partial charge in [0.05, 0.1) is 11.3 Å². The molecule has 0 aliphatic carbocycles. The average Bonchev–Trinajstić information content (AvgIpc) is 2.45. The summed E-state index contributed by atoms with van der Waals surface area (Å²) in [5, 5.41) is 5.98. The van der Waals surface area contributed by atoms with Crippen LogP contribution in [0.25, 0.3) is 0 Å². The third-order valence-corrected chi connectivity index (χ3v) is 3.65. The van der Waals surface area contributed by atoms with Crippen LogP contribution in [-0.4, -0.2) is 49.0 Å². The van der Waals surface area contributed by atoms with Crippen molar-refractivity contribution in [2.45, 2.75) is 33.2 Å². The van der Waals surface area contributed by atoms with Crippen molar-refractivity contribution in [2.75, 3.05) is 32.5 Å². The predicted octanol–water partition coefficient (Wildman–Crippen LogP) is 1.89. The molecule has 1 amide bonds. The number of rotatable bonds is 7. The van der Waals surface area contributed by atoms with E-state index in [-0.39, 0.29) is 5.91 Å². The van der Waals surface area contributed by atoms with E-state index in [0.29, 0.717) is 18.2 Å². The lowest BCUT2D eigenvalue weighted by atomic mass is 10.2. The summed E-state index contributed by atoms with van der Waals surface area (Å²) >= 11 is 0. The SMILES string of the molecule is CCC(C)N(C)CCNC(=O)c1cnc(C)cc1NC. The summed E-state index contributed by atoms with van der Waals surface area (Å²) in [7, 11) is 3.88. The van der Waals surface area contributed by atoms with Gasteiger partial charge in [0.2, 0.25) is 0 Å². The normalized spacial score (nSPS) is 12.3. The zero-order valence-corrected chi connectivity index (χ0v) is 13.2. The van der Waals surface area contributed by atoms with Crippen molar-refractivity contribution >= 4 is 11.6 Å². The molecule has 1 unspecified atom stereocenters. The number of anilines is 1.